The summed E-state index contributed by atoms with van der Waals surface area (Å²) in [6.45, 7) is 7.74. The molecule has 14 heavy (non-hydrogen) atoms. The summed E-state index contributed by atoms with van der Waals surface area (Å²) in [6, 6.07) is 5.70. The van der Waals surface area contributed by atoms with Crippen molar-refractivity contribution in [3.05, 3.63) is 34.3 Å². The van der Waals surface area contributed by atoms with Gasteiger partial charge in [-0.05, 0) is 37.0 Å². The number of benzene rings is 1. The molecular weight excluding hydrogens is 196 g/mol. The maximum atomic E-state index is 9.84. The molecule has 1 aromatic rings. The summed E-state index contributed by atoms with van der Waals surface area (Å²) in [5, 5.41) is 10.6. The number of halogens is 1. The van der Waals surface area contributed by atoms with Gasteiger partial charge >= 0.3 is 0 Å². The number of rotatable bonds is 2. The van der Waals surface area contributed by atoms with Gasteiger partial charge in [0.2, 0.25) is 0 Å². The van der Waals surface area contributed by atoms with Gasteiger partial charge in [-0.1, -0.05) is 37.6 Å². The van der Waals surface area contributed by atoms with Crippen LogP contribution in [0, 0.1) is 0 Å². The van der Waals surface area contributed by atoms with Crippen molar-refractivity contribution in [2.75, 3.05) is 0 Å². The van der Waals surface area contributed by atoms with Gasteiger partial charge in [-0.15, -0.1) is 0 Å². The first-order valence-electron chi connectivity index (χ1n) is 4.84. The maximum Gasteiger partial charge on any atom is 0.0840 e. The fourth-order valence-corrected chi connectivity index (χ4v) is 1.70. The van der Waals surface area contributed by atoms with Gasteiger partial charge in [-0.25, -0.2) is 0 Å². The lowest BCUT2D eigenvalue weighted by Gasteiger charge is -2.20. The Labute approximate surface area is 90.7 Å². The normalized spacial score (nSPS) is 12.2. The molecule has 1 rings (SSSR count). The third-order valence-electron chi connectivity index (χ3n) is 2.32. The van der Waals surface area contributed by atoms with Crippen LogP contribution in [-0.4, -0.2) is 5.11 Å². The Balaban J connectivity index is 3.20. The summed E-state index contributed by atoms with van der Waals surface area (Å²) in [5.41, 5.74) is 1.20. The second kappa shape index (κ2) is 3.92. The molecule has 0 saturated carbocycles. The smallest absolute Gasteiger partial charge is 0.0840 e. The third-order valence-corrected chi connectivity index (χ3v) is 2.67. The second-order valence-electron chi connectivity index (χ2n) is 4.45. The van der Waals surface area contributed by atoms with Crippen LogP contribution in [0.4, 0.5) is 0 Å². The van der Waals surface area contributed by atoms with Crippen LogP contribution in [0.5, 0.6) is 0 Å². The minimum atomic E-state index is -0.797. The van der Waals surface area contributed by atoms with Crippen LogP contribution in [0.1, 0.15) is 44.7 Å². The molecule has 0 aromatic heterocycles. The molecule has 0 aliphatic rings. The monoisotopic (exact) mass is 212 g/mol. The van der Waals surface area contributed by atoms with Crippen LogP contribution < -0.4 is 0 Å². The molecule has 0 amide bonds. The molecule has 0 aliphatic carbocycles. The van der Waals surface area contributed by atoms with Crippen LogP contribution in [0.2, 0.25) is 5.02 Å². The van der Waals surface area contributed by atoms with Crippen LogP contribution in [-0.2, 0) is 5.60 Å². The van der Waals surface area contributed by atoms with Crippen molar-refractivity contribution in [2.45, 2.75) is 39.2 Å². The van der Waals surface area contributed by atoms with Crippen molar-refractivity contribution in [1.82, 2.24) is 0 Å². The van der Waals surface area contributed by atoms with E-state index in [1.165, 1.54) is 0 Å². The van der Waals surface area contributed by atoms with Gasteiger partial charge in [0.25, 0.3) is 0 Å². The van der Waals surface area contributed by atoms with Gasteiger partial charge < -0.3 is 5.11 Å². The number of aliphatic hydroxyl groups is 1. The molecule has 0 unspecified atom stereocenters. The first kappa shape index (κ1) is 11.5. The summed E-state index contributed by atoms with van der Waals surface area (Å²) in [4.78, 5) is 0. The van der Waals surface area contributed by atoms with E-state index in [9.17, 15) is 5.11 Å². The summed E-state index contributed by atoms with van der Waals surface area (Å²) >= 11 is 6.06. The molecule has 0 spiro atoms. The fraction of sp³-hybridized carbons (Fsp3) is 0.500. The van der Waals surface area contributed by atoms with Crippen molar-refractivity contribution >= 4 is 11.6 Å². The molecule has 0 bridgehead atoms. The molecular formula is C12H17ClO. The van der Waals surface area contributed by atoms with E-state index in [2.05, 4.69) is 13.8 Å². The zero-order chi connectivity index (χ0) is 10.9. The Bertz CT molecular complexity index is 324. The zero-order valence-corrected chi connectivity index (χ0v) is 9.89. The van der Waals surface area contributed by atoms with E-state index in [4.69, 9.17) is 11.6 Å². The molecule has 1 N–H and O–H groups in total. The highest BCUT2D eigenvalue weighted by Crippen LogP contribution is 2.29. The van der Waals surface area contributed by atoms with E-state index in [1.807, 2.05) is 18.2 Å². The van der Waals surface area contributed by atoms with Crippen LogP contribution >= 0.6 is 11.6 Å². The average Bonchev–Trinajstić information content (AvgIpc) is 2.02. The highest BCUT2D eigenvalue weighted by atomic mass is 35.5. The van der Waals surface area contributed by atoms with Crippen molar-refractivity contribution in [3.63, 3.8) is 0 Å². The van der Waals surface area contributed by atoms with Crippen molar-refractivity contribution in [2.24, 2.45) is 0 Å². The first-order valence-corrected chi connectivity index (χ1v) is 5.22. The molecule has 0 saturated heterocycles. The Morgan fingerprint density at radius 3 is 2.29 bits per heavy atom. The Morgan fingerprint density at radius 1 is 1.29 bits per heavy atom. The quantitative estimate of drug-likeness (QED) is 0.793. The predicted octanol–water partition coefficient (Wildman–Crippen LogP) is 3.69. The van der Waals surface area contributed by atoms with E-state index in [1.54, 1.807) is 13.8 Å². The maximum absolute atomic E-state index is 9.84. The van der Waals surface area contributed by atoms with Crippen molar-refractivity contribution in [1.29, 1.82) is 0 Å². The van der Waals surface area contributed by atoms with E-state index in [-0.39, 0.29) is 0 Å². The molecule has 1 nitrogen and oxygen atoms in total. The Morgan fingerprint density at radius 2 is 1.86 bits per heavy atom. The van der Waals surface area contributed by atoms with Gasteiger partial charge in [0, 0.05) is 5.02 Å². The number of hydrogen-bond acceptors (Lipinski definition) is 1. The van der Waals surface area contributed by atoms with E-state index >= 15 is 0 Å². The third kappa shape index (κ3) is 2.49. The molecule has 78 valence electrons. The lowest BCUT2D eigenvalue weighted by Crippen LogP contribution is -2.15. The van der Waals surface area contributed by atoms with Crippen LogP contribution in [0.3, 0.4) is 0 Å². The van der Waals surface area contributed by atoms with Gasteiger partial charge in [-0.3, -0.25) is 0 Å². The Kier molecular flexibility index (Phi) is 3.23. The predicted molar refractivity (Wildman–Crippen MR) is 60.8 cm³/mol. The fourth-order valence-electron chi connectivity index (χ4n) is 1.37. The van der Waals surface area contributed by atoms with Gasteiger partial charge in [-0.2, -0.15) is 0 Å². The highest BCUT2D eigenvalue weighted by molar-refractivity contribution is 6.31. The lowest BCUT2D eigenvalue weighted by molar-refractivity contribution is 0.0785. The van der Waals surface area contributed by atoms with Crippen molar-refractivity contribution < 1.29 is 5.11 Å². The second-order valence-corrected chi connectivity index (χ2v) is 4.86. The molecule has 0 heterocycles. The summed E-state index contributed by atoms with van der Waals surface area (Å²) < 4.78 is 0. The number of hydrogen-bond donors (Lipinski definition) is 1. The van der Waals surface area contributed by atoms with E-state index in [0.29, 0.717) is 5.92 Å². The van der Waals surface area contributed by atoms with E-state index < -0.39 is 5.60 Å². The molecule has 0 aliphatic heterocycles. The molecule has 1 aromatic carbocycles. The summed E-state index contributed by atoms with van der Waals surface area (Å²) in [7, 11) is 0. The van der Waals surface area contributed by atoms with Crippen molar-refractivity contribution in [3.8, 4) is 0 Å². The average molecular weight is 213 g/mol. The topological polar surface area (TPSA) is 20.2 Å². The van der Waals surface area contributed by atoms with Gasteiger partial charge in [0.05, 0.1) is 5.60 Å². The Hall–Kier alpha value is -0.530. The minimum absolute atomic E-state index is 0.379. The van der Waals surface area contributed by atoms with Gasteiger partial charge in [0.15, 0.2) is 0 Å². The summed E-state index contributed by atoms with van der Waals surface area (Å²) in [6.07, 6.45) is 0. The van der Waals surface area contributed by atoms with E-state index in [0.717, 1.165) is 16.1 Å². The van der Waals surface area contributed by atoms with Crippen LogP contribution in [0.25, 0.3) is 0 Å². The first-order chi connectivity index (χ1) is 6.32. The van der Waals surface area contributed by atoms with Crippen LogP contribution in [0.15, 0.2) is 18.2 Å². The molecule has 0 fully saturated rings. The summed E-state index contributed by atoms with van der Waals surface area (Å²) in [5.74, 6) is 0.379. The zero-order valence-electron chi connectivity index (χ0n) is 9.13. The standard InChI is InChI=1S/C12H17ClO/c1-8(2)10-7-9(12(3,4)14)5-6-11(10)13/h5-8,14H,1-4H3. The van der Waals surface area contributed by atoms with Gasteiger partial charge in [0.1, 0.15) is 0 Å². The molecule has 0 atom stereocenters. The molecule has 2 heteroatoms. The highest BCUT2D eigenvalue weighted by Gasteiger charge is 2.17. The largest absolute Gasteiger partial charge is 0.386 e. The SMILES string of the molecule is CC(C)c1cc(C(C)(C)O)ccc1Cl. The lowest BCUT2D eigenvalue weighted by atomic mass is 9.93. The minimum Gasteiger partial charge on any atom is -0.386 e. The molecule has 0 radical (unpaired) electrons.